The molecule has 2 aliphatic rings. The van der Waals surface area contributed by atoms with E-state index in [4.69, 9.17) is 32.7 Å². The van der Waals surface area contributed by atoms with Gasteiger partial charge in [-0.25, -0.2) is 18.2 Å². The quantitative estimate of drug-likeness (QED) is 0.305. The molecule has 1 aromatic heterocycles. The van der Waals surface area contributed by atoms with Gasteiger partial charge in [-0.15, -0.1) is 0 Å². The molecule has 3 heterocycles. The first kappa shape index (κ1) is 34.2. The zero-order valence-corrected chi connectivity index (χ0v) is 29.1. The van der Waals surface area contributed by atoms with Gasteiger partial charge >= 0.3 is 6.09 Å². The van der Waals surface area contributed by atoms with E-state index in [0.717, 1.165) is 16.6 Å². The highest BCUT2D eigenvalue weighted by Crippen LogP contribution is 2.37. The maximum absolute atomic E-state index is 14.0. The van der Waals surface area contributed by atoms with Gasteiger partial charge in [-0.1, -0.05) is 35.3 Å². The summed E-state index contributed by atoms with van der Waals surface area (Å²) in [6.07, 6.45) is 1.62. The molecule has 2 aromatic carbocycles. The summed E-state index contributed by atoms with van der Waals surface area (Å²) >= 11 is 13.3. The van der Waals surface area contributed by atoms with Crippen molar-refractivity contribution in [2.75, 3.05) is 19.6 Å². The standard InChI is InChI=1S/C33H40Cl2N4O6S/c1-20-18-21(2)36-30-23(20)8-6-10-27(30)44-19-24-25(34)11-12-28(29(24)35)46(42,43)39-15-7-9-26(39)31(40)37-22-13-16-38(17-14-22)32(41)45-33(3,4)5/h6,8,10-12,18,22,26H,7,9,13-17,19H2,1-5H3,(H,37,40)/t26-/m0/s1. The Hall–Kier alpha value is -3.12. The number of aromatic nitrogens is 1. The van der Waals surface area contributed by atoms with Crippen molar-refractivity contribution in [3.63, 3.8) is 0 Å². The van der Waals surface area contributed by atoms with E-state index in [1.165, 1.54) is 16.4 Å². The van der Waals surface area contributed by atoms with Crippen LogP contribution in [-0.2, 0) is 26.2 Å². The third kappa shape index (κ3) is 7.38. The Labute approximate surface area is 280 Å². The van der Waals surface area contributed by atoms with Crippen molar-refractivity contribution in [3.8, 4) is 5.75 Å². The number of carbonyl (C=O) groups is 2. The van der Waals surface area contributed by atoms with Crippen molar-refractivity contribution < 1.29 is 27.5 Å². The van der Waals surface area contributed by atoms with Gasteiger partial charge in [-0.05, 0) is 90.1 Å². The van der Waals surface area contributed by atoms with Crippen molar-refractivity contribution in [2.45, 2.75) is 89.5 Å². The van der Waals surface area contributed by atoms with Crippen molar-refractivity contribution in [2.24, 2.45) is 0 Å². The van der Waals surface area contributed by atoms with Gasteiger partial charge < -0.3 is 19.7 Å². The lowest BCUT2D eigenvalue weighted by atomic mass is 10.0. The first-order valence-corrected chi connectivity index (χ1v) is 17.6. The molecule has 2 fully saturated rings. The SMILES string of the molecule is Cc1cc(C)c2cccc(OCc3c(Cl)ccc(S(=O)(=O)N4CCC[C@H]4C(=O)NC4CCN(C(=O)OC(C)(C)C)CC4)c3Cl)c2n1. The minimum absolute atomic E-state index is 0.0476. The Kier molecular flexibility index (Phi) is 10.1. The van der Waals surface area contributed by atoms with Crippen molar-refractivity contribution in [1.82, 2.24) is 19.5 Å². The molecule has 1 atom stereocenters. The monoisotopic (exact) mass is 690 g/mol. The van der Waals surface area contributed by atoms with Crippen molar-refractivity contribution in [3.05, 3.63) is 63.3 Å². The third-order valence-electron chi connectivity index (χ3n) is 8.25. The molecule has 0 bridgehead atoms. The number of benzene rings is 2. The molecule has 0 unspecified atom stereocenters. The summed E-state index contributed by atoms with van der Waals surface area (Å²) in [6, 6.07) is 9.42. The Bertz CT molecular complexity index is 1750. The Morgan fingerprint density at radius 1 is 1.04 bits per heavy atom. The van der Waals surface area contributed by atoms with Gasteiger partial charge in [0.05, 0.1) is 5.02 Å². The second kappa shape index (κ2) is 13.5. The molecular weight excluding hydrogens is 651 g/mol. The lowest BCUT2D eigenvalue weighted by molar-refractivity contribution is -0.125. The fourth-order valence-corrected chi connectivity index (χ4v) is 8.50. The number of pyridine rings is 1. The Morgan fingerprint density at radius 2 is 1.76 bits per heavy atom. The molecule has 5 rings (SSSR count). The zero-order valence-electron chi connectivity index (χ0n) is 26.7. The van der Waals surface area contributed by atoms with Crippen molar-refractivity contribution >= 4 is 56.1 Å². The highest BCUT2D eigenvalue weighted by atomic mass is 35.5. The molecule has 0 aliphatic carbocycles. The van der Waals surface area contributed by atoms with Gasteiger partial charge in [0.25, 0.3) is 0 Å². The molecule has 2 saturated heterocycles. The molecule has 0 radical (unpaired) electrons. The number of amides is 2. The van der Waals surface area contributed by atoms with E-state index < -0.39 is 21.7 Å². The zero-order chi connectivity index (χ0) is 33.4. The number of halogens is 2. The summed E-state index contributed by atoms with van der Waals surface area (Å²) in [6.45, 7) is 10.3. The van der Waals surface area contributed by atoms with Crippen LogP contribution < -0.4 is 10.1 Å². The number of hydrogen-bond acceptors (Lipinski definition) is 7. The smallest absolute Gasteiger partial charge is 0.410 e. The summed E-state index contributed by atoms with van der Waals surface area (Å²) in [5.74, 6) is 0.164. The van der Waals surface area contributed by atoms with E-state index in [1.807, 2.05) is 52.8 Å². The number of para-hydroxylation sites is 1. The first-order valence-electron chi connectivity index (χ1n) is 15.4. The van der Waals surface area contributed by atoms with Crippen LogP contribution in [0.5, 0.6) is 5.75 Å². The van der Waals surface area contributed by atoms with Crippen molar-refractivity contribution in [1.29, 1.82) is 0 Å². The van der Waals surface area contributed by atoms with E-state index in [2.05, 4.69) is 10.3 Å². The van der Waals surface area contributed by atoms with Gasteiger partial charge in [-0.2, -0.15) is 4.31 Å². The van der Waals surface area contributed by atoms with Crippen LogP contribution in [-0.4, -0.2) is 71.9 Å². The average Bonchev–Trinajstić information content (AvgIpc) is 3.48. The predicted octanol–water partition coefficient (Wildman–Crippen LogP) is 6.41. The number of piperidine rings is 1. The molecule has 13 heteroatoms. The van der Waals surface area contributed by atoms with Gasteiger partial charge in [0.15, 0.2) is 0 Å². The minimum Gasteiger partial charge on any atom is -0.487 e. The molecule has 1 N–H and O–H groups in total. The lowest BCUT2D eigenvalue weighted by Crippen LogP contribution is -2.52. The topological polar surface area (TPSA) is 118 Å². The molecule has 46 heavy (non-hydrogen) atoms. The van der Waals surface area contributed by atoms with Gasteiger partial charge in [0.1, 0.15) is 34.4 Å². The molecule has 0 spiro atoms. The number of nitrogens with one attached hydrogen (secondary N) is 1. The van der Waals surface area contributed by atoms with Gasteiger partial charge in [-0.3, -0.25) is 4.79 Å². The van der Waals surface area contributed by atoms with Gasteiger partial charge in [0, 0.05) is 47.3 Å². The average molecular weight is 692 g/mol. The van der Waals surface area contributed by atoms with Crippen LogP contribution >= 0.6 is 23.2 Å². The summed E-state index contributed by atoms with van der Waals surface area (Å²) < 4.78 is 40.8. The predicted molar refractivity (Wildman–Crippen MR) is 178 cm³/mol. The lowest BCUT2D eigenvalue weighted by Gasteiger charge is -2.34. The van der Waals surface area contributed by atoms with Gasteiger partial charge in [0.2, 0.25) is 15.9 Å². The number of likely N-dealkylation sites (tertiary alicyclic amines) is 1. The number of hydrogen-bond donors (Lipinski definition) is 1. The number of rotatable bonds is 7. The fraction of sp³-hybridized carbons (Fsp3) is 0.485. The van der Waals surface area contributed by atoms with Crippen LogP contribution in [0.1, 0.15) is 63.3 Å². The molecule has 2 aliphatic heterocycles. The molecule has 2 amide bonds. The van der Waals surface area contributed by atoms with Crippen LogP contribution in [0.15, 0.2) is 41.3 Å². The van der Waals surface area contributed by atoms with E-state index in [9.17, 15) is 18.0 Å². The van der Waals surface area contributed by atoms with Crippen LogP contribution in [0.25, 0.3) is 10.9 Å². The Balaban J connectivity index is 1.29. The highest BCUT2D eigenvalue weighted by Gasteiger charge is 2.41. The second-order valence-electron chi connectivity index (χ2n) is 12.9. The molecule has 10 nitrogen and oxygen atoms in total. The number of carbonyl (C=O) groups excluding carboxylic acids is 2. The number of fused-ring (bicyclic) bond motifs is 1. The van der Waals surface area contributed by atoms with E-state index >= 15 is 0 Å². The number of ether oxygens (including phenoxy) is 2. The molecular formula is C33H40Cl2N4O6S. The van der Waals surface area contributed by atoms with E-state index in [0.29, 0.717) is 55.6 Å². The molecule has 248 valence electrons. The number of nitrogens with zero attached hydrogens (tertiary/aromatic N) is 3. The largest absolute Gasteiger partial charge is 0.487 e. The summed E-state index contributed by atoms with van der Waals surface area (Å²) in [4.78, 5) is 32.0. The first-order chi connectivity index (χ1) is 21.7. The van der Waals surface area contributed by atoms with Crippen LogP contribution in [0.4, 0.5) is 4.79 Å². The fourth-order valence-electron chi connectivity index (χ4n) is 5.98. The van der Waals surface area contributed by atoms with E-state index in [1.54, 1.807) is 11.0 Å². The summed E-state index contributed by atoms with van der Waals surface area (Å²) in [7, 11) is -4.17. The van der Waals surface area contributed by atoms with Crippen LogP contribution in [0.2, 0.25) is 10.0 Å². The van der Waals surface area contributed by atoms with Crippen LogP contribution in [0.3, 0.4) is 0 Å². The number of sulfonamides is 1. The number of aryl methyl sites for hydroxylation is 2. The Morgan fingerprint density at radius 3 is 2.46 bits per heavy atom. The maximum atomic E-state index is 14.0. The highest BCUT2D eigenvalue weighted by molar-refractivity contribution is 7.89. The van der Waals surface area contributed by atoms with E-state index in [-0.39, 0.29) is 46.1 Å². The molecule has 3 aromatic rings. The normalized spacial score (nSPS) is 18.2. The summed E-state index contributed by atoms with van der Waals surface area (Å²) in [5.41, 5.74) is 2.33. The third-order valence-corrected chi connectivity index (χ3v) is 11.1. The maximum Gasteiger partial charge on any atom is 0.410 e. The summed E-state index contributed by atoms with van der Waals surface area (Å²) in [5, 5.41) is 4.18. The second-order valence-corrected chi connectivity index (χ2v) is 15.5. The molecule has 0 saturated carbocycles. The minimum atomic E-state index is -4.17. The van der Waals surface area contributed by atoms with Crippen LogP contribution in [0, 0.1) is 13.8 Å².